The van der Waals surface area contributed by atoms with Gasteiger partial charge in [0.05, 0.1) is 50.8 Å². The van der Waals surface area contributed by atoms with Crippen LogP contribution in [-0.2, 0) is 40.8 Å². The Labute approximate surface area is 335 Å². The number of pyridine rings is 2. The van der Waals surface area contributed by atoms with Crippen LogP contribution in [0.25, 0.3) is 0 Å². The number of amides is 1. The predicted molar refractivity (Wildman–Crippen MR) is 188 cm³/mol. The van der Waals surface area contributed by atoms with Crippen molar-refractivity contribution >= 4 is 24.3 Å². The molecule has 4 saturated heterocycles. The molecule has 3 spiro atoms. The van der Waals surface area contributed by atoms with Gasteiger partial charge in [-0.15, -0.1) is 12.4 Å². The van der Waals surface area contributed by atoms with Crippen LogP contribution in [0.4, 0.5) is 35.1 Å². The lowest BCUT2D eigenvalue weighted by atomic mass is 9.94. The first kappa shape index (κ1) is 47.4. The third-order valence-corrected chi connectivity index (χ3v) is 10.3. The van der Waals surface area contributed by atoms with E-state index in [-0.39, 0.29) is 37.1 Å². The fraction of sp³-hybridized carbons (Fsp3) is 0.676. The number of carboxylic acids is 1. The Balaban J connectivity index is 0.000000182. The number of alkyl halides is 6. The van der Waals surface area contributed by atoms with Crippen LogP contribution in [-0.4, -0.2) is 102 Å². The number of hydrogen-bond acceptors (Lipinski definition) is 10. The monoisotopic (exact) mass is 863 g/mol. The quantitative estimate of drug-likeness (QED) is 0.294. The van der Waals surface area contributed by atoms with Gasteiger partial charge < -0.3 is 38.4 Å². The van der Waals surface area contributed by atoms with Crippen molar-refractivity contribution < 1.29 is 78.2 Å². The molecular formula is C37H46ClF8N3O9. The van der Waals surface area contributed by atoms with E-state index < -0.39 is 64.2 Å². The summed E-state index contributed by atoms with van der Waals surface area (Å²) < 4.78 is 134. The minimum absolute atomic E-state index is 0. The fourth-order valence-electron chi connectivity index (χ4n) is 7.37. The maximum absolute atomic E-state index is 14.0. The second-order valence-corrected chi connectivity index (χ2v) is 14.1. The zero-order chi connectivity index (χ0) is 41.3. The van der Waals surface area contributed by atoms with Crippen LogP contribution in [0.3, 0.4) is 0 Å². The summed E-state index contributed by atoms with van der Waals surface area (Å²) in [4.78, 5) is 29.6. The van der Waals surface area contributed by atoms with Gasteiger partial charge in [0.25, 0.3) is 5.91 Å². The van der Waals surface area contributed by atoms with E-state index in [0.717, 1.165) is 64.4 Å². The van der Waals surface area contributed by atoms with E-state index in [1.807, 2.05) is 0 Å². The van der Waals surface area contributed by atoms with Crippen molar-refractivity contribution in [3.8, 4) is 0 Å². The lowest BCUT2D eigenvalue weighted by molar-refractivity contribution is -0.181. The first-order chi connectivity index (χ1) is 27.0. The summed E-state index contributed by atoms with van der Waals surface area (Å²) in [6, 6.07) is 1.62. The molecule has 2 aliphatic carbocycles. The van der Waals surface area contributed by atoms with Gasteiger partial charge in [-0.2, -0.15) is 26.3 Å². The van der Waals surface area contributed by atoms with E-state index in [1.165, 1.54) is 43.4 Å². The van der Waals surface area contributed by atoms with Gasteiger partial charge in [0, 0.05) is 64.0 Å². The maximum Gasteiger partial charge on any atom is 0.436 e. The largest absolute Gasteiger partial charge is 0.478 e. The summed E-state index contributed by atoms with van der Waals surface area (Å²) >= 11 is 0. The number of hydrogen-bond donors (Lipinski definition) is 1. The van der Waals surface area contributed by atoms with Crippen LogP contribution in [0.1, 0.15) is 109 Å². The molecule has 6 heterocycles. The summed E-state index contributed by atoms with van der Waals surface area (Å²) in [6.45, 7) is 4.62. The van der Waals surface area contributed by atoms with Gasteiger partial charge in [-0.05, 0) is 37.8 Å². The minimum atomic E-state index is -4.99. The molecule has 0 aromatic carbocycles. The summed E-state index contributed by atoms with van der Waals surface area (Å²) in [6.07, 6.45) is 4.54. The van der Waals surface area contributed by atoms with E-state index in [9.17, 15) is 44.7 Å². The number of ether oxygens (including phenoxy) is 6. The zero-order valence-electron chi connectivity index (χ0n) is 31.4. The first-order valence-electron chi connectivity index (χ1n) is 18.8. The van der Waals surface area contributed by atoms with Crippen LogP contribution >= 0.6 is 12.4 Å². The topological polar surface area (TPSA) is 139 Å². The number of nitrogens with zero attached hydrogens (tertiary/aromatic N) is 3. The van der Waals surface area contributed by atoms with E-state index in [1.54, 1.807) is 0 Å². The van der Waals surface area contributed by atoms with Gasteiger partial charge in [0.1, 0.15) is 0 Å². The average Bonchev–Trinajstić information content (AvgIpc) is 3.95. The smallest absolute Gasteiger partial charge is 0.436 e. The lowest BCUT2D eigenvalue weighted by Gasteiger charge is -2.37. The second-order valence-electron chi connectivity index (χ2n) is 14.1. The van der Waals surface area contributed by atoms with Crippen molar-refractivity contribution in [2.24, 2.45) is 0 Å². The number of aromatic carboxylic acids is 1. The molecule has 6 aliphatic rings. The van der Waals surface area contributed by atoms with E-state index in [0.29, 0.717) is 38.3 Å². The summed E-state index contributed by atoms with van der Waals surface area (Å²) in [5.74, 6) is -7.04. The number of carbonyl (C=O) groups excluding carboxylic acids is 1. The van der Waals surface area contributed by atoms with Crippen molar-refractivity contribution in [1.29, 1.82) is 0 Å². The molecule has 1 N–H and O–H groups in total. The fourth-order valence-corrected chi connectivity index (χ4v) is 7.37. The van der Waals surface area contributed by atoms with Crippen LogP contribution in [0.5, 0.6) is 0 Å². The molecular weight excluding hydrogens is 818 g/mol. The Morgan fingerprint density at radius 2 is 0.897 bits per heavy atom. The van der Waals surface area contributed by atoms with Gasteiger partial charge in [-0.25, -0.2) is 23.5 Å². The third-order valence-electron chi connectivity index (χ3n) is 10.3. The van der Waals surface area contributed by atoms with Crippen molar-refractivity contribution in [1.82, 2.24) is 14.9 Å². The Morgan fingerprint density at radius 1 is 0.569 bits per heavy atom. The molecule has 0 unspecified atom stereocenters. The molecule has 58 heavy (non-hydrogen) atoms. The highest BCUT2D eigenvalue weighted by atomic mass is 35.5. The van der Waals surface area contributed by atoms with E-state index in [4.69, 9.17) is 33.5 Å². The second kappa shape index (κ2) is 20.3. The zero-order valence-corrected chi connectivity index (χ0v) is 32.3. The number of piperidine rings is 1. The Hall–Kier alpha value is -3.27. The Kier molecular flexibility index (Phi) is 16.6. The molecule has 4 aliphatic heterocycles. The molecule has 0 bridgehead atoms. The average molecular weight is 864 g/mol. The molecule has 2 saturated carbocycles. The first-order valence-corrected chi connectivity index (χ1v) is 18.8. The van der Waals surface area contributed by atoms with E-state index >= 15 is 0 Å². The summed E-state index contributed by atoms with van der Waals surface area (Å²) in [7, 11) is 0. The van der Waals surface area contributed by atoms with Crippen LogP contribution in [0.15, 0.2) is 24.5 Å². The molecule has 0 atom stereocenters. The minimum Gasteiger partial charge on any atom is -0.478 e. The molecule has 326 valence electrons. The molecule has 0 radical (unpaired) electrons. The van der Waals surface area contributed by atoms with Crippen LogP contribution in [0.2, 0.25) is 0 Å². The highest BCUT2D eigenvalue weighted by Gasteiger charge is 2.43. The van der Waals surface area contributed by atoms with Crippen molar-refractivity contribution in [2.45, 2.75) is 107 Å². The van der Waals surface area contributed by atoms with Gasteiger partial charge >= 0.3 is 18.3 Å². The molecule has 6 fully saturated rings. The normalized spacial score (nSPS) is 21.8. The lowest BCUT2D eigenvalue weighted by Crippen LogP contribution is -2.47. The van der Waals surface area contributed by atoms with Crippen molar-refractivity contribution in [2.75, 3.05) is 52.7 Å². The van der Waals surface area contributed by atoms with Gasteiger partial charge in [-0.3, -0.25) is 4.79 Å². The van der Waals surface area contributed by atoms with Gasteiger partial charge in [-0.1, -0.05) is 12.8 Å². The van der Waals surface area contributed by atoms with Gasteiger partial charge in [0.2, 0.25) is 0 Å². The van der Waals surface area contributed by atoms with Crippen LogP contribution in [0, 0.1) is 11.6 Å². The van der Waals surface area contributed by atoms with Gasteiger partial charge in [0.15, 0.2) is 40.4 Å². The molecule has 1 amide bonds. The molecule has 12 nitrogen and oxygen atoms in total. The summed E-state index contributed by atoms with van der Waals surface area (Å²) in [5.41, 5.74) is -5.18. The van der Waals surface area contributed by atoms with Crippen molar-refractivity contribution in [3.63, 3.8) is 0 Å². The molecule has 2 aromatic rings. The van der Waals surface area contributed by atoms with Crippen LogP contribution < -0.4 is 0 Å². The summed E-state index contributed by atoms with van der Waals surface area (Å²) in [5, 5.41) is 8.32. The Morgan fingerprint density at radius 3 is 1.24 bits per heavy atom. The van der Waals surface area contributed by atoms with Crippen molar-refractivity contribution in [3.05, 3.63) is 58.7 Å². The number of aromatic nitrogens is 2. The van der Waals surface area contributed by atoms with E-state index in [2.05, 4.69) is 9.97 Å². The molecule has 8 rings (SSSR count). The Bertz CT molecular complexity index is 1610. The number of likely N-dealkylation sites (tertiary alicyclic amines) is 1. The molecule has 2 aromatic heterocycles. The third kappa shape index (κ3) is 12.2. The standard InChI is InChI=1S/C14H14F4N2O3.2C8H14O2.C7H3F4NO2.ClH/c15-10-9(1-4-19-11(10)14(16,17)18)12(21)20-5-2-13(3-6-20)22-7-8-23-13;2*1-2-4-8(5-3-1)9-6-7-10-8;8-4-3(6(13)14)1-2-12-5(4)7(9,10)11;/h1,4H,2-3,5-8H2;2*1-7H2;1-2H,(H,13,14);1H. The number of halogens is 9. The highest BCUT2D eigenvalue weighted by Crippen LogP contribution is 2.37. The number of carboxylic acid groups (broad SMARTS) is 1. The SMILES string of the molecule is C1CCC2(CC1)OCCO2.C1CCC2(CC1)OCCO2.Cl.O=C(O)c1ccnc(C(F)(F)F)c1F.O=C(c1ccnc(C(F)(F)F)c1F)N1CCC2(CC1)OCCO2. The highest BCUT2D eigenvalue weighted by molar-refractivity contribution is 5.94. The number of carbonyl (C=O) groups is 2. The maximum atomic E-state index is 14.0. The predicted octanol–water partition coefficient (Wildman–Crippen LogP) is 7.97. The molecule has 21 heteroatoms. The number of rotatable bonds is 2.